The number of hydrogen-bond acceptors (Lipinski definition) is 8. The molecule has 6 fully saturated rings. The number of likely N-dealkylation sites (N-methyl/N-ethyl adjacent to an activating group) is 1. The summed E-state index contributed by atoms with van der Waals surface area (Å²) in [5.41, 5.74) is 8.33. The van der Waals surface area contributed by atoms with Crippen molar-refractivity contribution in [3.63, 3.8) is 0 Å². The molecule has 12 nitrogen and oxygen atoms in total. The highest BCUT2D eigenvalue weighted by atomic mass is 19.1. The van der Waals surface area contributed by atoms with E-state index in [2.05, 4.69) is 5.32 Å². The molecular formula is C27H38FN7O5. The first-order chi connectivity index (χ1) is 18.9. The van der Waals surface area contributed by atoms with Crippen LogP contribution in [0.25, 0.3) is 0 Å². The van der Waals surface area contributed by atoms with Gasteiger partial charge in [-0.2, -0.15) is 0 Å². The van der Waals surface area contributed by atoms with Crippen LogP contribution >= 0.6 is 0 Å². The molecule has 3 aliphatic carbocycles. The van der Waals surface area contributed by atoms with Gasteiger partial charge in [-0.1, -0.05) is 12.8 Å². The first-order valence-corrected chi connectivity index (χ1v) is 14.3. The van der Waals surface area contributed by atoms with Crippen LogP contribution in [0.4, 0.5) is 14.0 Å². The van der Waals surface area contributed by atoms with Crippen LogP contribution in [-0.4, -0.2) is 99.9 Å². The molecule has 0 atom stereocenters. The maximum atomic E-state index is 15.0. The Kier molecular flexibility index (Phi) is 6.17. The minimum atomic E-state index is -1.54. The van der Waals surface area contributed by atoms with Gasteiger partial charge in [0.15, 0.2) is 5.67 Å². The Balaban J connectivity index is 1.17. The lowest BCUT2D eigenvalue weighted by atomic mass is 9.51. The molecule has 0 radical (unpaired) electrons. The second kappa shape index (κ2) is 9.15. The van der Waals surface area contributed by atoms with Gasteiger partial charge in [0.25, 0.3) is 17.7 Å². The number of nitrogens with zero attached hydrogens (tertiary/aromatic N) is 4. The number of halogens is 1. The summed E-state index contributed by atoms with van der Waals surface area (Å²) in [5, 5.41) is 2.90. The third-order valence-electron chi connectivity index (χ3n) is 10.3. The van der Waals surface area contributed by atoms with E-state index >= 15 is 4.39 Å². The van der Waals surface area contributed by atoms with Crippen LogP contribution in [0, 0.1) is 11.3 Å². The predicted octanol–water partition coefficient (Wildman–Crippen LogP) is 0.764. The number of urea groups is 2. The molecule has 3 saturated heterocycles. The number of imide groups is 3. The number of carbonyl (C=O) groups is 5. The van der Waals surface area contributed by atoms with E-state index in [9.17, 15) is 24.0 Å². The fourth-order valence-corrected chi connectivity index (χ4v) is 8.08. The minimum absolute atomic E-state index is 0.120. The molecule has 0 aromatic rings. The molecule has 3 heterocycles. The molecule has 0 bridgehead atoms. The van der Waals surface area contributed by atoms with E-state index < -0.39 is 46.9 Å². The van der Waals surface area contributed by atoms with Gasteiger partial charge in [0.05, 0.1) is 6.54 Å². The number of rotatable bonds is 5. The van der Waals surface area contributed by atoms with Crippen LogP contribution < -0.4 is 16.8 Å². The average molecular weight is 560 g/mol. The third kappa shape index (κ3) is 3.91. The second-order valence-corrected chi connectivity index (χ2v) is 13.0. The molecule has 40 heavy (non-hydrogen) atoms. The number of nitrogens with two attached hydrogens (primary N) is 2. The summed E-state index contributed by atoms with van der Waals surface area (Å²) in [7, 11) is 1.44. The van der Waals surface area contributed by atoms with Crippen molar-refractivity contribution >= 4 is 29.8 Å². The Morgan fingerprint density at radius 3 is 2.12 bits per heavy atom. The zero-order valence-electron chi connectivity index (χ0n) is 22.9. The maximum Gasteiger partial charge on any atom is 0.334 e. The summed E-state index contributed by atoms with van der Waals surface area (Å²) in [6, 6.07) is -1.53. The summed E-state index contributed by atoms with van der Waals surface area (Å²) < 4.78 is 15.0. The van der Waals surface area contributed by atoms with Crippen molar-refractivity contribution in [3.05, 3.63) is 11.4 Å². The highest BCUT2D eigenvalue weighted by Crippen LogP contribution is 2.61. The molecule has 7 amide bonds. The van der Waals surface area contributed by atoms with Crippen LogP contribution in [0.2, 0.25) is 0 Å². The Hall–Kier alpha value is -3.22. The summed E-state index contributed by atoms with van der Waals surface area (Å²) in [5.74, 6) is -1.98. The van der Waals surface area contributed by atoms with E-state index in [0.717, 1.165) is 40.4 Å². The molecule has 2 spiro atoms. The first kappa shape index (κ1) is 27.0. The number of carbonyl (C=O) groups excluding carboxylic acids is 5. The molecule has 0 unspecified atom stereocenters. The fourth-order valence-electron chi connectivity index (χ4n) is 8.08. The van der Waals surface area contributed by atoms with Crippen molar-refractivity contribution in [2.24, 2.45) is 22.8 Å². The van der Waals surface area contributed by atoms with Gasteiger partial charge in [-0.25, -0.2) is 14.0 Å². The van der Waals surface area contributed by atoms with E-state index in [1.807, 2.05) is 0 Å². The molecular weight excluding hydrogens is 521 g/mol. The quantitative estimate of drug-likeness (QED) is 0.253. The highest BCUT2D eigenvalue weighted by Gasteiger charge is 2.69. The van der Waals surface area contributed by atoms with E-state index in [-0.39, 0.29) is 49.0 Å². The van der Waals surface area contributed by atoms with Crippen molar-refractivity contribution in [2.45, 2.75) is 81.5 Å². The molecule has 6 rings (SSSR count). The fraction of sp³-hybridized carbons (Fsp3) is 0.741. The molecule has 218 valence electrons. The van der Waals surface area contributed by atoms with Crippen LogP contribution in [0.15, 0.2) is 11.4 Å². The number of nitrogens with one attached hydrogen (secondary N) is 1. The molecule has 5 N–H and O–H groups in total. The van der Waals surface area contributed by atoms with E-state index in [0.29, 0.717) is 38.5 Å². The summed E-state index contributed by atoms with van der Waals surface area (Å²) in [4.78, 5) is 70.9. The standard InChI is InChI=1S/C27H38FN7O5/c1-32-22(38)27(34(23(32)39)15-26(28)13-31-14-26)11-25(12-27)8-6-17(7-9-25)35-21(37)18(19(29)30)20(36)33(24(35)40)10-16-4-2-3-5-16/h16-17,31H,2-15,29-30H2,1H3. The SMILES string of the molecule is CN1C(=O)N(CC2(F)CNC2)C2(CC3(CCC(N4C(=O)C(=C(N)N)C(=O)N(CC5CCCC5)C4=O)CC3)C2)C1=O. The molecule has 0 aromatic carbocycles. The van der Waals surface area contributed by atoms with Crippen molar-refractivity contribution in [3.8, 4) is 0 Å². The second-order valence-electron chi connectivity index (χ2n) is 13.0. The van der Waals surface area contributed by atoms with Crippen molar-refractivity contribution in [1.29, 1.82) is 0 Å². The maximum absolute atomic E-state index is 15.0. The van der Waals surface area contributed by atoms with Crippen LogP contribution in [0.3, 0.4) is 0 Å². The smallest absolute Gasteiger partial charge is 0.334 e. The van der Waals surface area contributed by atoms with Gasteiger partial charge in [0.1, 0.15) is 16.9 Å². The zero-order chi connectivity index (χ0) is 28.6. The summed E-state index contributed by atoms with van der Waals surface area (Å²) >= 11 is 0. The zero-order valence-corrected chi connectivity index (χ0v) is 22.9. The number of barbiturate groups is 1. The summed E-state index contributed by atoms with van der Waals surface area (Å²) in [6.07, 6.45) is 7.03. The lowest BCUT2D eigenvalue weighted by molar-refractivity contribution is -0.152. The van der Waals surface area contributed by atoms with Gasteiger partial charge in [-0.3, -0.25) is 29.1 Å². The summed E-state index contributed by atoms with van der Waals surface area (Å²) in [6.45, 7) is 0.423. The van der Waals surface area contributed by atoms with Crippen molar-refractivity contribution in [2.75, 3.05) is 33.2 Å². The number of alkyl halides is 1. The molecule has 6 aliphatic rings. The molecule has 0 aromatic heterocycles. The van der Waals surface area contributed by atoms with E-state index in [4.69, 9.17) is 11.5 Å². The minimum Gasteiger partial charge on any atom is -0.385 e. The predicted molar refractivity (Wildman–Crippen MR) is 140 cm³/mol. The molecule has 3 aliphatic heterocycles. The topological polar surface area (TPSA) is 162 Å². The first-order valence-electron chi connectivity index (χ1n) is 14.3. The highest BCUT2D eigenvalue weighted by molar-refractivity contribution is 6.29. The van der Waals surface area contributed by atoms with E-state index in [1.54, 1.807) is 0 Å². The molecule has 13 heteroatoms. The van der Waals surface area contributed by atoms with Gasteiger partial charge < -0.3 is 21.7 Å². The van der Waals surface area contributed by atoms with Crippen molar-refractivity contribution in [1.82, 2.24) is 24.9 Å². The van der Waals surface area contributed by atoms with Gasteiger partial charge in [-0.05, 0) is 62.7 Å². The van der Waals surface area contributed by atoms with Gasteiger partial charge in [-0.15, -0.1) is 0 Å². The normalized spacial score (nSPS) is 34.4. The van der Waals surface area contributed by atoms with Crippen molar-refractivity contribution < 1.29 is 28.4 Å². The van der Waals surface area contributed by atoms with Gasteiger partial charge in [0, 0.05) is 32.7 Å². The van der Waals surface area contributed by atoms with Gasteiger partial charge in [0.2, 0.25) is 0 Å². The third-order valence-corrected chi connectivity index (χ3v) is 10.3. The van der Waals surface area contributed by atoms with Crippen LogP contribution in [0.5, 0.6) is 0 Å². The van der Waals surface area contributed by atoms with Crippen LogP contribution in [0.1, 0.15) is 64.2 Å². The Morgan fingerprint density at radius 1 is 0.950 bits per heavy atom. The number of hydrogen-bond donors (Lipinski definition) is 3. The van der Waals surface area contributed by atoms with Gasteiger partial charge >= 0.3 is 12.1 Å². The largest absolute Gasteiger partial charge is 0.385 e. The Labute approximate surface area is 232 Å². The average Bonchev–Trinajstić information content (AvgIpc) is 3.45. The van der Waals surface area contributed by atoms with Crippen LogP contribution in [-0.2, 0) is 14.4 Å². The lowest BCUT2D eigenvalue weighted by Crippen LogP contribution is -2.69. The Morgan fingerprint density at radius 2 is 1.57 bits per heavy atom. The number of amides is 7. The lowest BCUT2D eigenvalue weighted by Gasteiger charge is -2.59. The molecule has 3 saturated carbocycles. The Bertz CT molecular complexity index is 1190. The monoisotopic (exact) mass is 559 g/mol. The van der Waals surface area contributed by atoms with E-state index in [1.165, 1.54) is 11.9 Å².